The number of hydrogen-bond donors (Lipinski definition) is 1. The lowest BCUT2D eigenvalue weighted by Gasteiger charge is -2.24. The van der Waals surface area contributed by atoms with Crippen LogP contribution in [0.15, 0.2) is 9.41 Å². The van der Waals surface area contributed by atoms with Crippen LogP contribution < -0.4 is 5.32 Å². The van der Waals surface area contributed by atoms with Crippen molar-refractivity contribution in [1.82, 2.24) is 15.2 Å². The minimum atomic E-state index is 0.341. The molecule has 1 spiro atoms. The molecule has 2 aliphatic rings. The summed E-state index contributed by atoms with van der Waals surface area (Å²) in [6, 6.07) is 0. The molecule has 3 heterocycles. The third kappa shape index (κ3) is 2.90. The molecular formula is C15H24N4O2. The first-order valence-corrected chi connectivity index (χ1v) is 7.58. The van der Waals surface area contributed by atoms with Gasteiger partial charge in [-0.1, -0.05) is 0 Å². The third-order valence-electron chi connectivity index (χ3n) is 4.61. The maximum atomic E-state index is 5.60. The van der Waals surface area contributed by atoms with Gasteiger partial charge in [0.1, 0.15) is 5.76 Å². The minimum Gasteiger partial charge on any atom is -0.444 e. The number of hydrogen-bond acceptors (Lipinski definition) is 4. The summed E-state index contributed by atoms with van der Waals surface area (Å²) in [6.45, 7) is 8.31. The Hall–Kier alpha value is -1.56. The summed E-state index contributed by atoms with van der Waals surface area (Å²) in [4.78, 5) is 11.1. The van der Waals surface area contributed by atoms with E-state index in [1.54, 1.807) is 0 Å². The summed E-state index contributed by atoms with van der Waals surface area (Å²) in [6.07, 6.45) is 2.35. The zero-order valence-corrected chi connectivity index (χ0v) is 13.1. The number of oxazole rings is 1. The molecule has 3 rings (SSSR count). The first-order valence-electron chi connectivity index (χ1n) is 7.58. The summed E-state index contributed by atoms with van der Waals surface area (Å²) in [5, 5.41) is 3.35. The van der Waals surface area contributed by atoms with Gasteiger partial charge in [0.2, 0.25) is 5.89 Å². The van der Waals surface area contributed by atoms with Crippen LogP contribution >= 0.6 is 0 Å². The predicted octanol–water partition coefficient (Wildman–Crippen LogP) is 1.48. The fourth-order valence-electron chi connectivity index (χ4n) is 3.19. The summed E-state index contributed by atoms with van der Waals surface area (Å²) in [5.74, 6) is 2.52. The number of nitrogens with one attached hydrogen (secondary N) is 1. The van der Waals surface area contributed by atoms with Crippen molar-refractivity contribution in [3.63, 3.8) is 0 Å². The molecular weight excluding hydrogens is 268 g/mol. The molecule has 1 N–H and O–H groups in total. The Morgan fingerprint density at radius 3 is 2.90 bits per heavy atom. The standard InChI is InChI=1S/C15H24N4O2/c1-11-12(2)21-13(18-11)8-17-14(16-3)19-6-4-15(9-19)5-7-20-10-15/h4-10H2,1-3H3,(H,16,17). The van der Waals surface area contributed by atoms with Crippen molar-refractivity contribution in [3.8, 4) is 0 Å². The fraction of sp³-hybridized carbons (Fsp3) is 0.733. The highest BCUT2D eigenvalue weighted by Crippen LogP contribution is 2.38. The molecule has 1 atom stereocenters. The quantitative estimate of drug-likeness (QED) is 0.661. The van der Waals surface area contributed by atoms with Crippen molar-refractivity contribution in [2.45, 2.75) is 33.2 Å². The van der Waals surface area contributed by atoms with Crippen LogP contribution in [0.4, 0.5) is 0 Å². The molecule has 6 nitrogen and oxygen atoms in total. The normalized spacial score (nSPS) is 26.0. The molecule has 0 amide bonds. The van der Waals surface area contributed by atoms with Crippen LogP contribution in [0.2, 0.25) is 0 Å². The van der Waals surface area contributed by atoms with Crippen molar-refractivity contribution in [2.24, 2.45) is 10.4 Å². The number of aromatic nitrogens is 1. The van der Waals surface area contributed by atoms with Crippen LogP contribution in [0.1, 0.15) is 30.2 Å². The lowest BCUT2D eigenvalue weighted by atomic mass is 9.87. The van der Waals surface area contributed by atoms with Crippen molar-refractivity contribution in [2.75, 3.05) is 33.4 Å². The molecule has 0 aliphatic carbocycles. The number of likely N-dealkylation sites (tertiary alicyclic amines) is 1. The first-order chi connectivity index (χ1) is 10.1. The smallest absolute Gasteiger partial charge is 0.214 e. The van der Waals surface area contributed by atoms with E-state index in [-0.39, 0.29) is 0 Å². The lowest BCUT2D eigenvalue weighted by Crippen LogP contribution is -2.41. The maximum Gasteiger partial charge on any atom is 0.214 e. The molecule has 1 aromatic heterocycles. The topological polar surface area (TPSA) is 62.9 Å². The molecule has 6 heteroatoms. The molecule has 21 heavy (non-hydrogen) atoms. The van der Waals surface area contributed by atoms with Gasteiger partial charge in [0, 0.05) is 32.2 Å². The molecule has 2 saturated heterocycles. The highest BCUT2D eigenvalue weighted by atomic mass is 16.5. The molecule has 2 aliphatic heterocycles. The number of rotatable bonds is 2. The third-order valence-corrected chi connectivity index (χ3v) is 4.61. The van der Waals surface area contributed by atoms with E-state index in [0.29, 0.717) is 17.9 Å². The van der Waals surface area contributed by atoms with Crippen LogP contribution in [-0.2, 0) is 11.3 Å². The van der Waals surface area contributed by atoms with E-state index in [1.807, 2.05) is 20.9 Å². The van der Waals surface area contributed by atoms with Gasteiger partial charge in [-0.2, -0.15) is 0 Å². The van der Waals surface area contributed by atoms with E-state index in [2.05, 4.69) is 20.2 Å². The predicted molar refractivity (Wildman–Crippen MR) is 80.2 cm³/mol. The monoisotopic (exact) mass is 292 g/mol. The van der Waals surface area contributed by atoms with Crippen molar-refractivity contribution >= 4 is 5.96 Å². The van der Waals surface area contributed by atoms with Gasteiger partial charge in [0.05, 0.1) is 18.8 Å². The Bertz CT molecular complexity index is 512. The van der Waals surface area contributed by atoms with Crippen molar-refractivity contribution in [1.29, 1.82) is 0 Å². The molecule has 116 valence electrons. The molecule has 0 bridgehead atoms. The molecule has 0 radical (unpaired) electrons. The van der Waals surface area contributed by atoms with Gasteiger partial charge >= 0.3 is 0 Å². The molecule has 2 fully saturated rings. The number of ether oxygens (including phenoxy) is 1. The van der Waals surface area contributed by atoms with Crippen LogP contribution in [0.5, 0.6) is 0 Å². The summed E-state index contributed by atoms with van der Waals surface area (Å²) >= 11 is 0. The molecule has 1 unspecified atom stereocenters. The van der Waals surface area contributed by atoms with Gasteiger partial charge in [-0.05, 0) is 26.7 Å². The zero-order valence-electron chi connectivity index (χ0n) is 13.1. The second-order valence-corrected chi connectivity index (χ2v) is 6.12. The van der Waals surface area contributed by atoms with E-state index < -0.39 is 0 Å². The Morgan fingerprint density at radius 1 is 1.43 bits per heavy atom. The zero-order chi connectivity index (χ0) is 14.9. The average Bonchev–Trinajstić information content (AvgIpc) is 3.16. The summed E-state index contributed by atoms with van der Waals surface area (Å²) in [5.41, 5.74) is 1.29. The summed E-state index contributed by atoms with van der Waals surface area (Å²) < 4.78 is 11.2. The van der Waals surface area contributed by atoms with Crippen LogP contribution in [-0.4, -0.2) is 49.2 Å². The van der Waals surface area contributed by atoms with Crippen molar-refractivity contribution in [3.05, 3.63) is 17.3 Å². The highest BCUT2D eigenvalue weighted by Gasteiger charge is 2.42. The Morgan fingerprint density at radius 2 is 2.29 bits per heavy atom. The largest absolute Gasteiger partial charge is 0.444 e. The molecule has 0 saturated carbocycles. The number of aliphatic imine (C=N–C) groups is 1. The van der Waals surface area contributed by atoms with Gasteiger partial charge in [0.25, 0.3) is 0 Å². The SMILES string of the molecule is CN=C(NCc1nc(C)c(C)o1)N1CCC2(CCOC2)C1. The van der Waals surface area contributed by atoms with Crippen molar-refractivity contribution < 1.29 is 9.15 Å². The molecule has 1 aromatic rings. The Kier molecular flexibility index (Phi) is 3.89. The van der Waals surface area contributed by atoms with E-state index >= 15 is 0 Å². The first kappa shape index (κ1) is 14.4. The fourth-order valence-corrected chi connectivity index (χ4v) is 3.19. The maximum absolute atomic E-state index is 5.60. The van der Waals surface area contributed by atoms with E-state index in [1.165, 1.54) is 12.8 Å². The number of aryl methyl sites for hydroxylation is 2. The number of nitrogens with zero attached hydrogens (tertiary/aromatic N) is 3. The molecule has 0 aromatic carbocycles. The van der Waals surface area contributed by atoms with E-state index in [4.69, 9.17) is 9.15 Å². The van der Waals surface area contributed by atoms with Gasteiger partial charge in [-0.3, -0.25) is 4.99 Å². The second kappa shape index (κ2) is 5.67. The lowest BCUT2D eigenvalue weighted by molar-refractivity contribution is 0.156. The minimum absolute atomic E-state index is 0.341. The summed E-state index contributed by atoms with van der Waals surface area (Å²) in [7, 11) is 1.82. The second-order valence-electron chi connectivity index (χ2n) is 6.12. The van der Waals surface area contributed by atoms with Gasteiger partial charge in [-0.15, -0.1) is 0 Å². The van der Waals surface area contributed by atoms with E-state index in [9.17, 15) is 0 Å². The number of guanidine groups is 1. The highest BCUT2D eigenvalue weighted by molar-refractivity contribution is 5.80. The average molecular weight is 292 g/mol. The Labute approximate surface area is 125 Å². The van der Waals surface area contributed by atoms with Crippen LogP contribution in [0, 0.1) is 19.3 Å². The van der Waals surface area contributed by atoms with Gasteiger partial charge in [0.15, 0.2) is 5.96 Å². The van der Waals surface area contributed by atoms with Crippen LogP contribution in [0.25, 0.3) is 0 Å². The van der Waals surface area contributed by atoms with Gasteiger partial charge < -0.3 is 19.4 Å². The van der Waals surface area contributed by atoms with E-state index in [0.717, 1.165) is 43.7 Å². The van der Waals surface area contributed by atoms with Crippen LogP contribution in [0.3, 0.4) is 0 Å². The Balaban J connectivity index is 1.58. The van der Waals surface area contributed by atoms with Gasteiger partial charge in [-0.25, -0.2) is 4.98 Å².